The summed E-state index contributed by atoms with van der Waals surface area (Å²) >= 11 is 5.13. The molecule has 6 nitrogen and oxygen atoms in total. The molecule has 2 atom stereocenters. The van der Waals surface area contributed by atoms with Crippen molar-refractivity contribution in [3.8, 4) is 0 Å². The van der Waals surface area contributed by atoms with Crippen LogP contribution in [0.2, 0.25) is 0 Å². The van der Waals surface area contributed by atoms with E-state index in [2.05, 4.69) is 48.1 Å². The number of hydrogen-bond donors (Lipinski definition) is 2. The highest BCUT2D eigenvalue weighted by atomic mass is 79.9. The number of hydrazine groups is 1. The van der Waals surface area contributed by atoms with E-state index in [1.165, 1.54) is 4.88 Å². The molecule has 0 spiro atoms. The fourth-order valence-corrected chi connectivity index (χ4v) is 4.35. The highest BCUT2D eigenvalue weighted by Gasteiger charge is 2.34. The van der Waals surface area contributed by atoms with Crippen LogP contribution in [0, 0.1) is 0 Å². The van der Waals surface area contributed by atoms with Crippen LogP contribution < -0.4 is 15.8 Å². The molecule has 8 heteroatoms. The van der Waals surface area contributed by atoms with Gasteiger partial charge >= 0.3 is 0 Å². The predicted molar refractivity (Wildman–Crippen MR) is 102 cm³/mol. The fraction of sp³-hybridized carbons (Fsp3) is 0.412. The Morgan fingerprint density at radius 1 is 1.20 bits per heavy atom. The van der Waals surface area contributed by atoms with Gasteiger partial charge < -0.3 is 9.80 Å². The SMILES string of the molecule is O=C(C1CC(c2cccs2)NN1)N1CCN(c2ccc(Br)cn2)CC1. The van der Waals surface area contributed by atoms with E-state index in [1.54, 1.807) is 11.3 Å². The first-order chi connectivity index (χ1) is 12.2. The Kier molecular flexibility index (Phi) is 5.03. The molecule has 4 heterocycles. The van der Waals surface area contributed by atoms with E-state index in [0.717, 1.165) is 42.9 Å². The summed E-state index contributed by atoms with van der Waals surface area (Å²) in [6.07, 6.45) is 2.61. The first-order valence-electron chi connectivity index (χ1n) is 8.40. The minimum atomic E-state index is -0.149. The average molecular weight is 422 g/mol. The number of carbonyl (C=O) groups is 1. The van der Waals surface area contributed by atoms with Gasteiger partial charge in [-0.1, -0.05) is 6.07 Å². The number of amides is 1. The molecule has 2 saturated heterocycles. The first-order valence-corrected chi connectivity index (χ1v) is 10.1. The molecule has 0 radical (unpaired) electrons. The van der Waals surface area contributed by atoms with Gasteiger partial charge in [-0.2, -0.15) is 0 Å². The number of carbonyl (C=O) groups excluding carboxylic acids is 1. The van der Waals surface area contributed by atoms with E-state index in [-0.39, 0.29) is 18.0 Å². The molecule has 2 aromatic heterocycles. The molecule has 0 bridgehead atoms. The van der Waals surface area contributed by atoms with Crippen LogP contribution >= 0.6 is 27.3 Å². The van der Waals surface area contributed by atoms with Crippen LogP contribution in [0.5, 0.6) is 0 Å². The molecule has 2 fully saturated rings. The van der Waals surface area contributed by atoms with Gasteiger partial charge in [0.15, 0.2) is 0 Å². The number of aromatic nitrogens is 1. The smallest absolute Gasteiger partial charge is 0.241 e. The minimum absolute atomic E-state index is 0.149. The molecular weight excluding hydrogens is 402 g/mol. The summed E-state index contributed by atoms with van der Waals surface area (Å²) in [5.74, 6) is 1.16. The zero-order valence-corrected chi connectivity index (χ0v) is 16.1. The molecule has 25 heavy (non-hydrogen) atoms. The molecule has 132 valence electrons. The van der Waals surface area contributed by atoms with Crippen LogP contribution in [-0.4, -0.2) is 48.0 Å². The van der Waals surface area contributed by atoms with Crippen LogP contribution in [-0.2, 0) is 4.79 Å². The number of thiophene rings is 1. The third-order valence-corrected chi connectivity index (χ3v) is 6.17. The molecule has 2 unspecified atom stereocenters. The number of nitrogens with one attached hydrogen (secondary N) is 2. The van der Waals surface area contributed by atoms with Gasteiger partial charge in [0, 0.05) is 41.7 Å². The normalized spacial score (nSPS) is 23.9. The van der Waals surface area contributed by atoms with Crippen molar-refractivity contribution in [3.63, 3.8) is 0 Å². The number of nitrogens with zero attached hydrogens (tertiary/aromatic N) is 3. The Morgan fingerprint density at radius 2 is 2.04 bits per heavy atom. The predicted octanol–water partition coefficient (Wildman–Crippen LogP) is 2.16. The Morgan fingerprint density at radius 3 is 2.72 bits per heavy atom. The number of pyridine rings is 1. The number of halogens is 1. The van der Waals surface area contributed by atoms with E-state index in [9.17, 15) is 4.79 Å². The van der Waals surface area contributed by atoms with Crippen LogP contribution in [0.3, 0.4) is 0 Å². The van der Waals surface area contributed by atoms with E-state index in [0.29, 0.717) is 0 Å². The van der Waals surface area contributed by atoms with E-state index in [1.807, 2.05) is 29.3 Å². The molecule has 0 saturated carbocycles. The standard InChI is InChI=1S/C17H20BrN5OS/c18-12-3-4-16(19-11-12)22-5-7-23(8-6-22)17(24)14-10-13(20-21-14)15-2-1-9-25-15/h1-4,9,11,13-14,20-21H,5-8,10H2. The second-order valence-electron chi connectivity index (χ2n) is 6.29. The van der Waals surface area contributed by atoms with Crippen molar-refractivity contribution in [2.45, 2.75) is 18.5 Å². The van der Waals surface area contributed by atoms with Crippen molar-refractivity contribution in [3.05, 3.63) is 45.2 Å². The quantitative estimate of drug-likeness (QED) is 0.794. The molecule has 0 aromatic carbocycles. The minimum Gasteiger partial charge on any atom is -0.353 e. The molecule has 1 amide bonds. The zero-order valence-electron chi connectivity index (χ0n) is 13.7. The first kappa shape index (κ1) is 17.0. The van der Waals surface area contributed by atoms with Crippen LogP contribution in [0.25, 0.3) is 0 Å². The number of rotatable bonds is 3. The lowest BCUT2D eigenvalue weighted by Crippen LogP contribution is -2.53. The van der Waals surface area contributed by atoms with Gasteiger partial charge in [0.2, 0.25) is 5.91 Å². The lowest BCUT2D eigenvalue weighted by Gasteiger charge is -2.36. The number of anilines is 1. The molecule has 2 aliphatic heterocycles. The summed E-state index contributed by atoms with van der Waals surface area (Å²) in [5.41, 5.74) is 6.43. The Bertz CT molecular complexity index is 715. The highest BCUT2D eigenvalue weighted by molar-refractivity contribution is 9.10. The van der Waals surface area contributed by atoms with Gasteiger partial charge in [-0.15, -0.1) is 11.3 Å². The van der Waals surface area contributed by atoms with Crippen molar-refractivity contribution in [1.82, 2.24) is 20.7 Å². The van der Waals surface area contributed by atoms with Crippen LogP contribution in [0.4, 0.5) is 5.82 Å². The third kappa shape index (κ3) is 3.72. The second-order valence-corrected chi connectivity index (χ2v) is 8.19. The average Bonchev–Trinajstić information content (AvgIpc) is 3.33. The number of piperazine rings is 1. The van der Waals surface area contributed by atoms with Gasteiger partial charge in [-0.25, -0.2) is 15.8 Å². The van der Waals surface area contributed by atoms with Gasteiger partial charge in [-0.3, -0.25) is 4.79 Å². The molecule has 2 N–H and O–H groups in total. The summed E-state index contributed by atoms with van der Waals surface area (Å²) in [4.78, 5) is 22.7. The Balaban J connectivity index is 1.32. The van der Waals surface area contributed by atoms with E-state index < -0.39 is 0 Å². The van der Waals surface area contributed by atoms with Crippen molar-refractivity contribution in [2.75, 3.05) is 31.1 Å². The van der Waals surface area contributed by atoms with Gasteiger partial charge in [0.1, 0.15) is 11.9 Å². The van der Waals surface area contributed by atoms with Crippen molar-refractivity contribution in [1.29, 1.82) is 0 Å². The van der Waals surface area contributed by atoms with Crippen LogP contribution in [0.1, 0.15) is 17.3 Å². The topological polar surface area (TPSA) is 60.5 Å². The Hall–Kier alpha value is -1.48. The van der Waals surface area contributed by atoms with Crippen molar-refractivity contribution >= 4 is 39.0 Å². The van der Waals surface area contributed by atoms with E-state index in [4.69, 9.17) is 0 Å². The number of hydrogen-bond acceptors (Lipinski definition) is 6. The summed E-state index contributed by atoms with van der Waals surface area (Å²) in [7, 11) is 0. The molecule has 2 aromatic rings. The maximum atomic E-state index is 12.8. The Labute approximate surface area is 159 Å². The van der Waals surface area contributed by atoms with E-state index >= 15 is 0 Å². The molecule has 2 aliphatic rings. The highest BCUT2D eigenvalue weighted by Crippen LogP contribution is 2.27. The summed E-state index contributed by atoms with van der Waals surface area (Å²) < 4.78 is 0.977. The van der Waals surface area contributed by atoms with Gasteiger partial charge in [0.25, 0.3) is 0 Å². The molecule has 0 aliphatic carbocycles. The largest absolute Gasteiger partial charge is 0.353 e. The van der Waals surface area contributed by atoms with Crippen LogP contribution in [0.15, 0.2) is 40.3 Å². The fourth-order valence-electron chi connectivity index (χ4n) is 3.33. The van der Waals surface area contributed by atoms with Gasteiger partial charge in [0.05, 0.1) is 6.04 Å². The lowest BCUT2D eigenvalue weighted by molar-refractivity contribution is -0.133. The lowest BCUT2D eigenvalue weighted by atomic mass is 10.1. The summed E-state index contributed by atoms with van der Waals surface area (Å²) in [6, 6.07) is 8.24. The molecule has 4 rings (SSSR count). The monoisotopic (exact) mass is 421 g/mol. The maximum Gasteiger partial charge on any atom is 0.241 e. The maximum absolute atomic E-state index is 12.8. The second kappa shape index (κ2) is 7.41. The van der Waals surface area contributed by atoms with Gasteiger partial charge in [-0.05, 0) is 45.9 Å². The third-order valence-electron chi connectivity index (χ3n) is 4.72. The summed E-state index contributed by atoms with van der Waals surface area (Å²) in [5, 5.41) is 2.07. The van der Waals surface area contributed by atoms with Crippen molar-refractivity contribution < 1.29 is 4.79 Å². The molecular formula is C17H20BrN5OS. The van der Waals surface area contributed by atoms with Crippen molar-refractivity contribution in [2.24, 2.45) is 0 Å². The zero-order chi connectivity index (χ0) is 17.2. The summed E-state index contributed by atoms with van der Waals surface area (Å²) in [6.45, 7) is 3.10.